The van der Waals surface area contributed by atoms with Crippen molar-refractivity contribution in [1.82, 2.24) is 16.0 Å². The Bertz CT molecular complexity index is 2420. The number of hydrogen-bond donors (Lipinski definition) is 25. The molecule has 25 N–H and O–H groups in total. The molecule has 0 aromatic rings. The molecule has 0 aromatic heterocycles. The molecular weight excluding hydrogens is 1310 g/mol. The summed E-state index contributed by atoms with van der Waals surface area (Å²) in [7, 11) is 0. The molecule has 3 amide bonds. The minimum absolute atomic E-state index is 0.890. The molecule has 0 saturated carbocycles. The third-order valence-corrected chi connectivity index (χ3v) is 17.4. The van der Waals surface area contributed by atoms with Crippen molar-refractivity contribution in [3.8, 4) is 0 Å². The van der Waals surface area contributed by atoms with Gasteiger partial charge in [0.15, 0.2) is 44.0 Å². The van der Waals surface area contributed by atoms with Crippen LogP contribution >= 0.6 is 0 Å². The molecule has 0 unspecified atom stereocenters. The van der Waals surface area contributed by atoms with Crippen molar-refractivity contribution in [2.24, 2.45) is 0 Å². The number of amides is 3. The second-order valence-electron chi connectivity index (χ2n) is 24.4. The average molecular weight is 1410 g/mol. The molecule has 7 heterocycles. The first-order valence-electron chi connectivity index (χ1n) is 30.8. The van der Waals surface area contributed by atoms with E-state index < -0.39 is 303 Å². The number of carbonyl (C=O) groups is 3. The fraction of sp³-hybridized carbons (Fsp3) is 0.944. The van der Waals surface area contributed by atoms with Crippen LogP contribution in [-0.2, 0) is 80.7 Å². The van der Waals surface area contributed by atoms with E-state index in [0.717, 1.165) is 20.8 Å². The molecule has 7 rings (SSSR count). The van der Waals surface area contributed by atoms with Gasteiger partial charge in [-0.15, -0.1) is 0 Å². The molecule has 42 nitrogen and oxygen atoms in total. The highest BCUT2D eigenvalue weighted by Crippen LogP contribution is 2.38. The predicted molar refractivity (Wildman–Crippen MR) is 299 cm³/mol. The van der Waals surface area contributed by atoms with Crippen LogP contribution in [0.4, 0.5) is 0 Å². The molecule has 7 aliphatic rings. The highest BCUT2D eigenvalue weighted by atomic mass is 16.8. The molecule has 0 bridgehead atoms. The lowest BCUT2D eigenvalue weighted by Crippen LogP contribution is -2.70. The average Bonchev–Trinajstić information content (AvgIpc) is 0.775. The molecule has 7 fully saturated rings. The fourth-order valence-electron chi connectivity index (χ4n) is 12.0. The van der Waals surface area contributed by atoms with Crippen molar-refractivity contribution in [1.29, 1.82) is 0 Å². The van der Waals surface area contributed by atoms with Gasteiger partial charge >= 0.3 is 0 Å². The van der Waals surface area contributed by atoms with Crippen molar-refractivity contribution in [2.75, 3.05) is 46.2 Å². The van der Waals surface area contributed by atoms with E-state index in [1.54, 1.807) is 0 Å². The van der Waals surface area contributed by atoms with Gasteiger partial charge in [0.05, 0.1) is 64.5 Å². The molecule has 0 radical (unpaired) electrons. The molecule has 558 valence electrons. The molecule has 96 heavy (non-hydrogen) atoms. The Morgan fingerprint density at radius 1 is 0.375 bits per heavy atom. The van der Waals surface area contributed by atoms with E-state index in [1.807, 2.05) is 0 Å². The zero-order chi connectivity index (χ0) is 71.2. The summed E-state index contributed by atoms with van der Waals surface area (Å²) in [4.78, 5) is 38.4. The van der Waals surface area contributed by atoms with Crippen LogP contribution in [0.2, 0.25) is 0 Å². The molecule has 7 aliphatic heterocycles. The van der Waals surface area contributed by atoms with Crippen molar-refractivity contribution >= 4 is 17.7 Å². The predicted octanol–water partition coefficient (Wildman–Crippen LogP) is -16.3. The minimum Gasteiger partial charge on any atom is -0.394 e. The number of rotatable bonds is 27. The Morgan fingerprint density at radius 3 is 1.22 bits per heavy atom. The van der Waals surface area contributed by atoms with Crippen molar-refractivity contribution in [3.05, 3.63) is 0 Å². The molecule has 0 spiro atoms. The first kappa shape index (κ1) is 80.3. The Labute approximate surface area is 545 Å². The normalized spacial score (nSPS) is 46.8. The maximum absolute atomic E-state index is 12.9. The largest absolute Gasteiger partial charge is 0.394 e. The van der Waals surface area contributed by atoms with E-state index in [1.165, 1.54) is 13.8 Å². The first-order chi connectivity index (χ1) is 45.3. The van der Waals surface area contributed by atoms with E-state index in [-0.39, 0.29) is 0 Å². The summed E-state index contributed by atoms with van der Waals surface area (Å²) in [6.45, 7) is -2.19. The topological polar surface area (TPSA) is 662 Å². The van der Waals surface area contributed by atoms with Gasteiger partial charge in [0.2, 0.25) is 17.7 Å². The van der Waals surface area contributed by atoms with Gasteiger partial charge in [0.1, 0.15) is 177 Å². The summed E-state index contributed by atoms with van der Waals surface area (Å²) in [5, 5.41) is 248. The van der Waals surface area contributed by atoms with Gasteiger partial charge in [0.25, 0.3) is 0 Å². The SMILES string of the molecule is CC(=O)N[C@H]1[C@H](O[C@H]2[C@@H](O)[C@@H](CO)O[C@@H](O[C@@H]([C@@H](O)[C@H](O)CO[C@@H]3O[C@H](CO)[C@@H](O[C@@H]4O[C@H](CO)[C@H](O)[C@H](O)[C@H]4O[C@@H]4O[C@@H](C)[C@@H](O)[C@@H](O)[C@@H]4O)[C@H](O)[C@H]3NC(C)=O)[C@H](CO)NC(C)=O)[C@@H]2O[C@@H]2O[C@@H](C)[C@@H](O)[C@@H](O)[C@@H]2O)O[C@H](CO)[C@@H](O[C@@H]2O[C@H](CO)[C@H](O)[C@H](O)[C@H]2O)[C@@H]1O. The number of aliphatic hydroxyl groups is 22. The van der Waals surface area contributed by atoms with Crippen LogP contribution in [0.3, 0.4) is 0 Å². The molecule has 0 aliphatic carbocycles. The fourth-order valence-corrected chi connectivity index (χ4v) is 12.0. The summed E-state index contributed by atoms with van der Waals surface area (Å²) >= 11 is 0. The summed E-state index contributed by atoms with van der Waals surface area (Å²) in [5.41, 5.74) is 0. The highest BCUT2D eigenvalue weighted by Gasteiger charge is 2.59. The van der Waals surface area contributed by atoms with Crippen molar-refractivity contribution < 1.29 is 193 Å². The minimum atomic E-state index is -2.49. The number of aliphatic hydroxyl groups excluding tert-OH is 22. The van der Waals surface area contributed by atoms with Gasteiger partial charge in [-0.1, -0.05) is 0 Å². The molecule has 7 saturated heterocycles. The Hall–Kier alpha value is -3.03. The molecule has 39 atom stereocenters. The van der Waals surface area contributed by atoms with Gasteiger partial charge < -0.3 is 195 Å². The third-order valence-electron chi connectivity index (χ3n) is 17.4. The van der Waals surface area contributed by atoms with Gasteiger partial charge in [0, 0.05) is 20.8 Å². The summed E-state index contributed by atoms with van der Waals surface area (Å²) < 4.78 is 82.2. The maximum atomic E-state index is 12.9. The van der Waals surface area contributed by atoms with Gasteiger partial charge in [-0.25, -0.2) is 0 Å². The number of ether oxygens (including phenoxy) is 14. The van der Waals surface area contributed by atoms with Crippen LogP contribution in [-0.4, -0.2) is 415 Å². The smallest absolute Gasteiger partial charge is 0.217 e. The maximum Gasteiger partial charge on any atom is 0.217 e. The van der Waals surface area contributed by atoms with Crippen LogP contribution < -0.4 is 16.0 Å². The first-order valence-corrected chi connectivity index (χ1v) is 30.8. The van der Waals surface area contributed by atoms with Crippen LogP contribution in [0.1, 0.15) is 34.6 Å². The van der Waals surface area contributed by atoms with Crippen molar-refractivity contribution in [3.63, 3.8) is 0 Å². The summed E-state index contributed by atoms with van der Waals surface area (Å²) in [6, 6.07) is -5.58. The zero-order valence-electron chi connectivity index (χ0n) is 52.2. The van der Waals surface area contributed by atoms with E-state index in [4.69, 9.17) is 66.3 Å². The van der Waals surface area contributed by atoms with Gasteiger partial charge in [-0.05, 0) is 13.8 Å². The summed E-state index contributed by atoms with van der Waals surface area (Å²) in [6.07, 6.45) is -70.8. The molecule has 42 heteroatoms. The van der Waals surface area contributed by atoms with Crippen LogP contribution in [0.15, 0.2) is 0 Å². The standard InChI is InChI=1S/C54H93N3O39/c1-13-27(68)35(76)39(80)50(84-13)95-46-38(79)31(72)21(8-60)87-53(46)93-44-23(10-62)89-48(25(33(44)74)56-16(4)65)83-12-19(67)29(70)42(18(6-58)55-15(3)64)91-54-47(96-51-40(81)36(77)28(69)14(2)85-51)45(32(73)22(9-61)88-54)94-49-26(57-17(5)66)34(75)43(24(11-63)90-49)92-52-41(82)37(78)30(71)20(7-59)86-52/h13-14,18-54,58-63,67-82H,6-12H2,1-5H3,(H,55,64)(H,56,65)(H,57,66)/t13-,14-,18-,19+,20+,21+,22+,23+,24+,25+,26+,27+,28+,29-,30-,31-,32-,33+,34+,35+,36+,37-,38-,39-,40-,41+,42+,43+,44+,45-,46+,47+,48+,49-,50-,51-,52-,53-,54-/m0/s1. The van der Waals surface area contributed by atoms with Gasteiger partial charge in [-0.3, -0.25) is 14.4 Å². The zero-order valence-corrected chi connectivity index (χ0v) is 52.2. The Kier molecular flexibility index (Phi) is 29.5. The van der Waals surface area contributed by atoms with Crippen LogP contribution in [0, 0.1) is 0 Å². The lowest BCUT2D eigenvalue weighted by atomic mass is 9.94. The lowest BCUT2D eigenvalue weighted by molar-refractivity contribution is -0.396. The molecular formula is C54H93N3O39. The number of hydrogen-bond acceptors (Lipinski definition) is 39. The van der Waals surface area contributed by atoms with Crippen molar-refractivity contribution in [2.45, 2.75) is 274 Å². The van der Waals surface area contributed by atoms with E-state index in [2.05, 4.69) is 16.0 Å². The third kappa shape index (κ3) is 18.1. The monoisotopic (exact) mass is 1410 g/mol. The van der Waals surface area contributed by atoms with E-state index in [9.17, 15) is 127 Å². The summed E-state index contributed by atoms with van der Waals surface area (Å²) in [5.74, 6) is -2.74. The number of carbonyl (C=O) groups excluding carboxylic acids is 3. The van der Waals surface area contributed by atoms with E-state index >= 15 is 0 Å². The second-order valence-corrected chi connectivity index (χ2v) is 24.4. The quantitative estimate of drug-likeness (QED) is 0.0363. The van der Waals surface area contributed by atoms with E-state index in [0.29, 0.717) is 0 Å². The van der Waals surface area contributed by atoms with Crippen LogP contribution in [0.5, 0.6) is 0 Å². The highest BCUT2D eigenvalue weighted by molar-refractivity contribution is 5.74. The second kappa shape index (κ2) is 35.2. The molecule has 0 aromatic carbocycles. The Morgan fingerprint density at radius 2 is 0.750 bits per heavy atom. The number of nitrogens with one attached hydrogen (secondary N) is 3. The Balaban J connectivity index is 1.18. The lowest BCUT2D eigenvalue weighted by Gasteiger charge is -2.51. The van der Waals surface area contributed by atoms with Crippen LogP contribution in [0.25, 0.3) is 0 Å². The van der Waals surface area contributed by atoms with Gasteiger partial charge in [-0.2, -0.15) is 0 Å².